The third-order valence-corrected chi connectivity index (χ3v) is 9.08. The molecule has 3 aromatic carbocycles. The monoisotopic (exact) mass is 429 g/mol. The first-order valence-electron chi connectivity index (χ1n) is 10.3. The Bertz CT molecular complexity index is 1310. The maximum atomic E-state index is 10.0. The quantitative estimate of drug-likeness (QED) is 0.327. The highest BCUT2D eigenvalue weighted by molar-refractivity contribution is 8.00. The molecule has 1 aliphatic carbocycles. The molecule has 0 radical (unpaired) electrons. The average Bonchev–Trinajstić information content (AvgIpc) is 3.08. The van der Waals surface area contributed by atoms with Gasteiger partial charge in [-0.2, -0.15) is 0 Å². The van der Waals surface area contributed by atoms with Crippen LogP contribution in [0.25, 0.3) is 20.2 Å². The molecule has 1 heterocycles. The van der Waals surface area contributed by atoms with E-state index in [4.69, 9.17) is 0 Å². The number of aryl methyl sites for hydroxylation is 1. The van der Waals surface area contributed by atoms with Crippen LogP contribution in [-0.4, -0.2) is 5.11 Å². The van der Waals surface area contributed by atoms with Crippen molar-refractivity contribution in [1.29, 1.82) is 0 Å². The Morgan fingerprint density at radius 2 is 1.53 bits per heavy atom. The molecule has 0 saturated heterocycles. The lowest BCUT2D eigenvalue weighted by Gasteiger charge is -2.22. The van der Waals surface area contributed by atoms with E-state index in [0.29, 0.717) is 5.75 Å². The van der Waals surface area contributed by atoms with Gasteiger partial charge in [-0.3, -0.25) is 0 Å². The molecular formula is C27H25OS2+. The maximum absolute atomic E-state index is 10.0. The van der Waals surface area contributed by atoms with Crippen LogP contribution in [-0.2, 0) is 10.9 Å². The lowest BCUT2D eigenvalue weighted by atomic mass is 9.86. The standard InChI is InChI=1S/C27H24OS2/c1-18-4-7-20(8-5-18)30(21-12-14-27(2,3)15-13-21)22-9-11-26-24(17-22)23-16-19(28)6-10-25(23)29-26/h4-14,16-17H,15H2,1-3H3/p+1. The molecule has 4 aromatic rings. The summed E-state index contributed by atoms with van der Waals surface area (Å²) in [6.07, 6.45) is 8.16. The second kappa shape index (κ2) is 7.33. The molecule has 5 rings (SSSR count). The molecule has 1 aliphatic rings. The van der Waals surface area contributed by atoms with Gasteiger partial charge in [0.1, 0.15) is 5.75 Å². The third kappa shape index (κ3) is 3.57. The summed E-state index contributed by atoms with van der Waals surface area (Å²) in [7, 11) is -0.151. The maximum Gasteiger partial charge on any atom is 0.167 e. The van der Waals surface area contributed by atoms with Gasteiger partial charge in [0, 0.05) is 26.2 Å². The number of hydrogen-bond donors (Lipinski definition) is 1. The summed E-state index contributed by atoms with van der Waals surface area (Å²) in [6, 6.07) is 21.5. The normalized spacial score (nSPS) is 16.7. The number of thiophene rings is 1. The van der Waals surface area contributed by atoms with Crippen LogP contribution < -0.4 is 0 Å². The fourth-order valence-corrected chi connectivity index (χ4v) is 7.10. The van der Waals surface area contributed by atoms with E-state index in [-0.39, 0.29) is 16.3 Å². The first-order valence-corrected chi connectivity index (χ1v) is 12.3. The Kier molecular flexibility index (Phi) is 4.76. The van der Waals surface area contributed by atoms with Gasteiger partial charge in [-0.25, -0.2) is 0 Å². The molecule has 1 aromatic heterocycles. The number of phenols is 1. The Balaban J connectivity index is 1.69. The lowest BCUT2D eigenvalue weighted by Crippen LogP contribution is -2.14. The van der Waals surface area contributed by atoms with Gasteiger partial charge in [0.05, 0.1) is 10.9 Å². The van der Waals surface area contributed by atoms with Crippen LogP contribution in [0.2, 0.25) is 0 Å². The van der Waals surface area contributed by atoms with Crippen molar-refractivity contribution in [3.8, 4) is 5.75 Å². The Morgan fingerprint density at radius 1 is 0.867 bits per heavy atom. The zero-order valence-corrected chi connectivity index (χ0v) is 19.1. The minimum Gasteiger partial charge on any atom is -0.508 e. The number of rotatable bonds is 3. The molecule has 0 spiro atoms. The van der Waals surface area contributed by atoms with Crippen LogP contribution in [0, 0.1) is 12.3 Å². The zero-order valence-electron chi connectivity index (χ0n) is 17.5. The van der Waals surface area contributed by atoms with E-state index in [9.17, 15) is 5.11 Å². The number of hydrogen-bond acceptors (Lipinski definition) is 2. The van der Waals surface area contributed by atoms with Crippen molar-refractivity contribution >= 4 is 42.4 Å². The molecule has 0 fully saturated rings. The van der Waals surface area contributed by atoms with Crippen molar-refractivity contribution in [2.24, 2.45) is 5.41 Å². The predicted octanol–water partition coefficient (Wildman–Crippen LogP) is 7.97. The van der Waals surface area contributed by atoms with Crippen molar-refractivity contribution in [2.75, 3.05) is 0 Å². The van der Waals surface area contributed by atoms with Crippen molar-refractivity contribution in [1.82, 2.24) is 0 Å². The minimum absolute atomic E-state index is 0.151. The molecule has 3 heteroatoms. The molecule has 1 unspecified atom stereocenters. The van der Waals surface area contributed by atoms with Crippen molar-refractivity contribution < 1.29 is 5.11 Å². The smallest absolute Gasteiger partial charge is 0.167 e. The topological polar surface area (TPSA) is 20.2 Å². The van der Waals surface area contributed by atoms with E-state index >= 15 is 0 Å². The second-order valence-electron chi connectivity index (χ2n) is 8.69. The van der Waals surface area contributed by atoms with Gasteiger partial charge in [0.2, 0.25) is 0 Å². The van der Waals surface area contributed by atoms with Gasteiger partial charge < -0.3 is 5.11 Å². The van der Waals surface area contributed by atoms with Crippen LogP contribution in [0.3, 0.4) is 0 Å². The SMILES string of the molecule is Cc1ccc([S+](C2=CCC(C)(C)C=C2)c2ccc3sc4ccc(O)cc4c3c2)cc1. The van der Waals surface area contributed by atoms with Crippen molar-refractivity contribution in [3.05, 3.63) is 89.4 Å². The first-order chi connectivity index (χ1) is 14.4. The fraction of sp³-hybridized carbons (Fsp3) is 0.185. The van der Waals surface area contributed by atoms with E-state index < -0.39 is 0 Å². The largest absolute Gasteiger partial charge is 0.508 e. The summed E-state index contributed by atoms with van der Waals surface area (Å²) in [5, 5.41) is 12.4. The molecule has 1 N–H and O–H groups in total. The number of aromatic hydroxyl groups is 1. The molecule has 0 aliphatic heterocycles. The molecule has 150 valence electrons. The fourth-order valence-electron chi connectivity index (χ4n) is 3.91. The number of fused-ring (bicyclic) bond motifs is 3. The Labute approximate surface area is 184 Å². The van der Waals surface area contributed by atoms with Crippen molar-refractivity contribution in [3.63, 3.8) is 0 Å². The van der Waals surface area contributed by atoms with Gasteiger partial charge >= 0.3 is 0 Å². The van der Waals surface area contributed by atoms with Crippen LogP contribution in [0.15, 0.2) is 93.6 Å². The molecule has 30 heavy (non-hydrogen) atoms. The van der Waals surface area contributed by atoms with Crippen LogP contribution >= 0.6 is 11.3 Å². The second-order valence-corrected chi connectivity index (χ2v) is 11.8. The zero-order chi connectivity index (χ0) is 20.9. The summed E-state index contributed by atoms with van der Waals surface area (Å²) in [5.41, 5.74) is 1.50. The number of allylic oxidation sites excluding steroid dienone is 3. The molecule has 0 saturated carbocycles. The van der Waals surface area contributed by atoms with Crippen molar-refractivity contribution in [2.45, 2.75) is 37.0 Å². The molecule has 0 bridgehead atoms. The van der Waals surface area contributed by atoms with Gasteiger partial charge in [-0.15, -0.1) is 11.3 Å². The average molecular weight is 430 g/mol. The highest BCUT2D eigenvalue weighted by Crippen LogP contribution is 2.41. The summed E-state index contributed by atoms with van der Waals surface area (Å²) in [5.74, 6) is 0.324. The van der Waals surface area contributed by atoms with E-state index in [0.717, 1.165) is 11.8 Å². The molecule has 1 atom stereocenters. The van der Waals surface area contributed by atoms with Gasteiger partial charge in [-0.05, 0) is 73.4 Å². The van der Waals surface area contributed by atoms with E-state index in [1.807, 2.05) is 12.1 Å². The van der Waals surface area contributed by atoms with Gasteiger partial charge in [-0.1, -0.05) is 37.6 Å². The summed E-state index contributed by atoms with van der Waals surface area (Å²) in [6.45, 7) is 6.72. The van der Waals surface area contributed by atoms with Crippen LogP contribution in [0.5, 0.6) is 5.75 Å². The molecule has 1 nitrogen and oxygen atoms in total. The Hall–Kier alpha value is -2.49. The van der Waals surface area contributed by atoms with Gasteiger partial charge in [0.25, 0.3) is 0 Å². The number of benzene rings is 3. The molecule has 0 amide bonds. The summed E-state index contributed by atoms with van der Waals surface area (Å²) < 4.78 is 2.48. The minimum atomic E-state index is -0.151. The molecular weight excluding hydrogens is 404 g/mol. The van der Waals surface area contributed by atoms with Crippen LogP contribution in [0.1, 0.15) is 25.8 Å². The Morgan fingerprint density at radius 3 is 2.23 bits per heavy atom. The summed E-state index contributed by atoms with van der Waals surface area (Å²) >= 11 is 1.79. The third-order valence-electron chi connectivity index (χ3n) is 5.68. The van der Waals surface area contributed by atoms with Gasteiger partial charge in [0.15, 0.2) is 14.7 Å². The van der Waals surface area contributed by atoms with E-state index in [1.54, 1.807) is 17.4 Å². The van der Waals surface area contributed by atoms with Crippen LogP contribution in [0.4, 0.5) is 0 Å². The predicted molar refractivity (Wildman–Crippen MR) is 132 cm³/mol. The lowest BCUT2D eigenvalue weighted by molar-refractivity contribution is 0.476. The summed E-state index contributed by atoms with van der Waals surface area (Å²) in [4.78, 5) is 4.06. The first kappa shape index (κ1) is 19.5. The highest BCUT2D eigenvalue weighted by atomic mass is 32.2. The van der Waals surface area contributed by atoms with E-state index in [1.165, 1.54) is 35.0 Å². The van der Waals surface area contributed by atoms with E-state index in [2.05, 4.69) is 81.5 Å². The number of phenolic OH excluding ortho intramolecular Hbond substituents is 1. The highest BCUT2D eigenvalue weighted by Gasteiger charge is 2.33.